The first-order valence-electron chi connectivity index (χ1n) is 7.64. The molecule has 0 bridgehead atoms. The maximum Gasteiger partial charge on any atom is 0.245 e. The van der Waals surface area contributed by atoms with Crippen LogP contribution in [0.2, 0.25) is 0 Å². The summed E-state index contributed by atoms with van der Waals surface area (Å²) in [4.78, 5) is 30.2. The highest BCUT2D eigenvalue weighted by atomic mass is 32.1. The van der Waals surface area contributed by atoms with Crippen molar-refractivity contribution in [2.24, 2.45) is 11.3 Å². The van der Waals surface area contributed by atoms with Crippen molar-refractivity contribution >= 4 is 28.3 Å². The summed E-state index contributed by atoms with van der Waals surface area (Å²) in [5.41, 5.74) is -0.0844. The number of rotatable bonds is 7. The van der Waals surface area contributed by atoms with E-state index in [1.54, 1.807) is 16.5 Å². The molecule has 0 spiro atoms. The molecule has 0 aliphatic carbocycles. The van der Waals surface area contributed by atoms with E-state index in [-0.39, 0.29) is 23.8 Å². The number of carbonyl (C=O) groups excluding carboxylic acids is 2. The van der Waals surface area contributed by atoms with E-state index in [1.807, 2.05) is 20.8 Å². The van der Waals surface area contributed by atoms with Crippen molar-refractivity contribution in [2.75, 3.05) is 18.4 Å². The van der Waals surface area contributed by atoms with Crippen molar-refractivity contribution in [3.63, 3.8) is 0 Å². The molecule has 5 nitrogen and oxygen atoms in total. The number of amides is 2. The van der Waals surface area contributed by atoms with E-state index in [2.05, 4.69) is 24.1 Å². The van der Waals surface area contributed by atoms with E-state index in [0.29, 0.717) is 24.0 Å². The molecule has 0 atom stereocenters. The molecule has 22 heavy (non-hydrogen) atoms. The number of nitrogens with one attached hydrogen (secondary N) is 1. The van der Waals surface area contributed by atoms with Crippen LogP contribution in [0.4, 0.5) is 5.13 Å². The van der Waals surface area contributed by atoms with Gasteiger partial charge < -0.3 is 10.2 Å². The van der Waals surface area contributed by atoms with E-state index in [4.69, 9.17) is 0 Å². The van der Waals surface area contributed by atoms with E-state index < -0.39 is 0 Å². The molecule has 0 fully saturated rings. The largest absolute Gasteiger partial charge is 0.333 e. The summed E-state index contributed by atoms with van der Waals surface area (Å²) in [6.45, 7) is 11.0. The smallest absolute Gasteiger partial charge is 0.245 e. The lowest BCUT2D eigenvalue weighted by molar-refractivity contribution is -0.136. The first-order valence-corrected chi connectivity index (χ1v) is 8.52. The predicted molar refractivity (Wildman–Crippen MR) is 90.9 cm³/mol. The van der Waals surface area contributed by atoms with E-state index in [0.717, 1.165) is 6.42 Å². The van der Waals surface area contributed by atoms with Crippen LogP contribution in [0.25, 0.3) is 0 Å². The maximum absolute atomic E-state index is 12.4. The second-order valence-corrected chi connectivity index (χ2v) is 8.02. The highest BCUT2D eigenvalue weighted by Crippen LogP contribution is 2.20. The Morgan fingerprint density at radius 3 is 2.55 bits per heavy atom. The van der Waals surface area contributed by atoms with Gasteiger partial charge in [-0.05, 0) is 17.8 Å². The van der Waals surface area contributed by atoms with E-state index in [9.17, 15) is 9.59 Å². The maximum atomic E-state index is 12.4. The van der Waals surface area contributed by atoms with Crippen LogP contribution in [0.15, 0.2) is 11.6 Å². The number of nitrogens with zero attached hydrogens (tertiary/aromatic N) is 2. The van der Waals surface area contributed by atoms with Crippen LogP contribution in [0.3, 0.4) is 0 Å². The summed E-state index contributed by atoms with van der Waals surface area (Å²) >= 11 is 1.37. The quantitative estimate of drug-likeness (QED) is 0.836. The zero-order chi connectivity index (χ0) is 16.8. The van der Waals surface area contributed by atoms with Crippen LogP contribution in [-0.2, 0) is 9.59 Å². The van der Waals surface area contributed by atoms with Gasteiger partial charge in [0.15, 0.2) is 5.13 Å². The highest BCUT2D eigenvalue weighted by molar-refractivity contribution is 7.13. The Kier molecular flexibility index (Phi) is 7.00. The monoisotopic (exact) mass is 325 g/mol. The fraction of sp³-hybridized carbons (Fsp3) is 0.688. The van der Waals surface area contributed by atoms with Crippen molar-refractivity contribution in [2.45, 2.75) is 47.5 Å². The molecule has 0 aliphatic heterocycles. The Balaban J connectivity index is 2.64. The molecule has 0 saturated carbocycles. The molecule has 0 aliphatic rings. The van der Waals surface area contributed by atoms with Gasteiger partial charge in [-0.2, -0.15) is 0 Å². The third-order valence-electron chi connectivity index (χ3n) is 3.02. The Labute approximate surface area is 137 Å². The standard InChI is InChI=1S/C16H27N3O2S/c1-12(2)6-8-19(14(21)10-16(3,4)5)11-13(20)18-15-17-7-9-22-15/h7,9,12H,6,8,10-11H2,1-5H3,(H,17,18,20). The van der Waals surface area contributed by atoms with Gasteiger partial charge in [0.05, 0.1) is 6.54 Å². The van der Waals surface area contributed by atoms with E-state index >= 15 is 0 Å². The first kappa shape index (κ1) is 18.6. The van der Waals surface area contributed by atoms with Crippen LogP contribution in [-0.4, -0.2) is 34.8 Å². The summed E-state index contributed by atoms with van der Waals surface area (Å²) in [5, 5.41) is 5.10. The Hall–Kier alpha value is -1.43. The number of aromatic nitrogens is 1. The Morgan fingerprint density at radius 1 is 1.36 bits per heavy atom. The van der Waals surface area contributed by atoms with Gasteiger partial charge in [0.1, 0.15) is 0 Å². The molecule has 1 aromatic rings. The predicted octanol–water partition coefficient (Wildman–Crippen LogP) is 3.39. The van der Waals surface area contributed by atoms with Crippen molar-refractivity contribution < 1.29 is 9.59 Å². The molecule has 0 radical (unpaired) electrons. The van der Waals surface area contributed by atoms with Crippen molar-refractivity contribution in [1.82, 2.24) is 9.88 Å². The second-order valence-electron chi connectivity index (χ2n) is 7.12. The SMILES string of the molecule is CC(C)CCN(CC(=O)Nc1nccs1)C(=O)CC(C)(C)C. The molecule has 0 aromatic carbocycles. The van der Waals surface area contributed by atoms with Gasteiger partial charge in [-0.1, -0.05) is 34.6 Å². The molecule has 6 heteroatoms. The summed E-state index contributed by atoms with van der Waals surface area (Å²) in [6.07, 6.45) is 2.97. The Bertz CT molecular complexity index is 478. The zero-order valence-electron chi connectivity index (χ0n) is 14.2. The number of thiazole rings is 1. The van der Waals surface area contributed by atoms with Crippen LogP contribution >= 0.6 is 11.3 Å². The summed E-state index contributed by atoms with van der Waals surface area (Å²) in [6, 6.07) is 0. The second kappa shape index (κ2) is 8.27. The van der Waals surface area contributed by atoms with Gasteiger partial charge in [0, 0.05) is 24.5 Å². The summed E-state index contributed by atoms with van der Waals surface area (Å²) in [7, 11) is 0. The fourth-order valence-electron chi connectivity index (χ4n) is 1.89. The third kappa shape index (κ3) is 7.54. The molecule has 0 unspecified atom stereocenters. The van der Waals surface area contributed by atoms with Crippen molar-refractivity contribution in [3.8, 4) is 0 Å². The Morgan fingerprint density at radius 2 is 2.05 bits per heavy atom. The topological polar surface area (TPSA) is 62.3 Å². The molecular weight excluding hydrogens is 298 g/mol. The van der Waals surface area contributed by atoms with E-state index in [1.165, 1.54) is 11.3 Å². The number of anilines is 1. The molecule has 124 valence electrons. The van der Waals surface area contributed by atoms with Gasteiger partial charge in [-0.25, -0.2) is 4.98 Å². The van der Waals surface area contributed by atoms with Gasteiger partial charge >= 0.3 is 0 Å². The average molecular weight is 325 g/mol. The van der Waals surface area contributed by atoms with Gasteiger partial charge in [-0.15, -0.1) is 11.3 Å². The lowest BCUT2D eigenvalue weighted by Crippen LogP contribution is -2.40. The molecule has 0 saturated heterocycles. The minimum atomic E-state index is -0.194. The zero-order valence-corrected chi connectivity index (χ0v) is 15.0. The number of hydrogen-bond acceptors (Lipinski definition) is 4. The lowest BCUT2D eigenvalue weighted by atomic mass is 9.91. The van der Waals surface area contributed by atoms with Crippen LogP contribution < -0.4 is 5.32 Å². The van der Waals surface area contributed by atoms with Gasteiger partial charge in [0.25, 0.3) is 0 Å². The normalized spacial score (nSPS) is 11.5. The summed E-state index contributed by atoms with van der Waals surface area (Å²) < 4.78 is 0. The third-order valence-corrected chi connectivity index (χ3v) is 3.71. The van der Waals surface area contributed by atoms with Gasteiger partial charge in [-0.3, -0.25) is 9.59 Å². The molecule has 1 aromatic heterocycles. The van der Waals surface area contributed by atoms with Gasteiger partial charge in [0.2, 0.25) is 11.8 Å². The minimum Gasteiger partial charge on any atom is -0.333 e. The fourth-order valence-corrected chi connectivity index (χ4v) is 2.43. The first-order chi connectivity index (χ1) is 10.2. The average Bonchev–Trinajstić information content (AvgIpc) is 2.84. The van der Waals surface area contributed by atoms with Crippen molar-refractivity contribution in [3.05, 3.63) is 11.6 Å². The summed E-state index contributed by atoms with van der Waals surface area (Å²) in [5.74, 6) is 0.329. The molecular formula is C16H27N3O2S. The number of hydrogen-bond donors (Lipinski definition) is 1. The molecule has 2 amide bonds. The minimum absolute atomic E-state index is 0.0300. The molecule has 1 rings (SSSR count). The van der Waals surface area contributed by atoms with Crippen LogP contribution in [0.5, 0.6) is 0 Å². The number of carbonyl (C=O) groups is 2. The lowest BCUT2D eigenvalue weighted by Gasteiger charge is -2.26. The van der Waals surface area contributed by atoms with Crippen LogP contribution in [0, 0.1) is 11.3 Å². The molecule has 1 heterocycles. The van der Waals surface area contributed by atoms with Crippen LogP contribution in [0.1, 0.15) is 47.5 Å². The van der Waals surface area contributed by atoms with Crippen molar-refractivity contribution in [1.29, 1.82) is 0 Å². The molecule has 1 N–H and O–H groups in total. The highest BCUT2D eigenvalue weighted by Gasteiger charge is 2.23.